The van der Waals surface area contributed by atoms with Gasteiger partial charge in [0.05, 0.1) is 18.1 Å². The number of amides is 2. The number of allylic oxidation sites excluding steroid dienone is 4. The van der Waals surface area contributed by atoms with Gasteiger partial charge in [0.1, 0.15) is 12.1 Å². The number of fused-ring (bicyclic) bond motifs is 7. The van der Waals surface area contributed by atoms with E-state index >= 15 is 0 Å². The van der Waals surface area contributed by atoms with Gasteiger partial charge in [-0.1, -0.05) is 80.9 Å². The van der Waals surface area contributed by atoms with Crippen LogP contribution in [0.3, 0.4) is 0 Å². The highest BCUT2D eigenvalue weighted by Gasteiger charge is 2.71. The van der Waals surface area contributed by atoms with Gasteiger partial charge in [-0.05, 0) is 96.9 Å². The maximum absolute atomic E-state index is 15.0. The monoisotopic (exact) mass is 703 g/mol. The molecule has 280 valence electrons. The Bertz CT molecular complexity index is 1620. The molecule has 0 bridgehead atoms. The highest BCUT2D eigenvalue weighted by molar-refractivity contribution is 6.04. The zero-order chi connectivity index (χ0) is 38.2. The molecule has 0 aromatic rings. The minimum atomic E-state index is -0.910. The molecule has 0 aromatic heterocycles. The second-order valence-electron chi connectivity index (χ2n) is 19.7. The third-order valence-electron chi connectivity index (χ3n) is 15.2. The summed E-state index contributed by atoms with van der Waals surface area (Å²) in [5, 5.41) is 16.0. The van der Waals surface area contributed by atoms with Crippen LogP contribution in [0.4, 0.5) is 0 Å². The summed E-state index contributed by atoms with van der Waals surface area (Å²) in [4.78, 5) is 67.7. The van der Waals surface area contributed by atoms with Gasteiger partial charge in [-0.2, -0.15) is 5.26 Å². The normalized spacial score (nSPS) is 37.7. The lowest BCUT2D eigenvalue weighted by Crippen LogP contribution is -2.67. The van der Waals surface area contributed by atoms with E-state index in [0.717, 1.165) is 24.8 Å². The van der Waals surface area contributed by atoms with Crippen LogP contribution in [0.5, 0.6) is 0 Å². The number of ketones is 2. The van der Waals surface area contributed by atoms with Crippen LogP contribution in [0.2, 0.25) is 0 Å². The van der Waals surface area contributed by atoms with Crippen LogP contribution >= 0.6 is 0 Å². The van der Waals surface area contributed by atoms with Gasteiger partial charge in [-0.15, -0.1) is 0 Å². The highest BCUT2D eigenvalue weighted by Crippen LogP contribution is 2.74. The molecule has 9 nitrogen and oxygen atoms in total. The van der Waals surface area contributed by atoms with Gasteiger partial charge >= 0.3 is 5.97 Å². The largest absolute Gasteiger partial charge is 0.467 e. The molecule has 0 spiro atoms. The third kappa shape index (κ3) is 5.82. The number of methoxy groups -OCH3 is 1. The molecule has 3 fully saturated rings. The molecule has 2 N–H and O–H groups in total. The predicted molar refractivity (Wildman–Crippen MR) is 194 cm³/mol. The minimum absolute atomic E-state index is 0.0365. The number of esters is 1. The summed E-state index contributed by atoms with van der Waals surface area (Å²) in [5.41, 5.74) is -2.61. The molecule has 0 radical (unpaired) electrons. The molecule has 5 aliphatic carbocycles. The molecule has 0 aliphatic heterocycles. The van der Waals surface area contributed by atoms with Crippen molar-refractivity contribution >= 4 is 29.9 Å². The number of carbonyl (C=O) groups excluding carboxylic acids is 5. The van der Waals surface area contributed by atoms with Gasteiger partial charge in [-0.3, -0.25) is 19.2 Å². The van der Waals surface area contributed by atoms with Crippen LogP contribution in [0.15, 0.2) is 23.3 Å². The number of hydrogen-bond donors (Lipinski definition) is 2. The van der Waals surface area contributed by atoms with E-state index in [1.807, 2.05) is 46.8 Å². The average Bonchev–Trinajstić information content (AvgIpc) is 3.04. The van der Waals surface area contributed by atoms with E-state index in [0.29, 0.717) is 45.1 Å². The Morgan fingerprint density at radius 2 is 1.71 bits per heavy atom. The van der Waals surface area contributed by atoms with Crippen molar-refractivity contribution in [1.29, 1.82) is 5.26 Å². The van der Waals surface area contributed by atoms with Crippen molar-refractivity contribution in [1.82, 2.24) is 10.6 Å². The van der Waals surface area contributed by atoms with E-state index in [9.17, 15) is 29.2 Å². The topological polar surface area (TPSA) is 142 Å². The van der Waals surface area contributed by atoms with Crippen molar-refractivity contribution in [3.63, 3.8) is 0 Å². The Morgan fingerprint density at radius 3 is 2.31 bits per heavy atom. The molecule has 9 atom stereocenters. The Hall–Kier alpha value is -3.28. The SMILES string of the molecule is COC(=O)C(NC(=O)C12CCC(C)(C)CC1C1C(=O)C=C3C4(C)C=C(C#N)C(=O)C(C)(C)C4CCC3(C)C1(C)CC2)C(C)(C)CC(C)CNC=O. The van der Waals surface area contributed by atoms with Crippen LogP contribution in [0.25, 0.3) is 0 Å². The van der Waals surface area contributed by atoms with Crippen LogP contribution < -0.4 is 10.6 Å². The number of nitriles is 1. The van der Waals surface area contributed by atoms with E-state index in [4.69, 9.17) is 4.74 Å². The van der Waals surface area contributed by atoms with Crippen LogP contribution in [0, 0.1) is 72.9 Å². The van der Waals surface area contributed by atoms with Gasteiger partial charge < -0.3 is 15.4 Å². The van der Waals surface area contributed by atoms with E-state index in [1.165, 1.54) is 7.11 Å². The van der Waals surface area contributed by atoms with Crippen molar-refractivity contribution < 1.29 is 28.7 Å². The average molecular weight is 704 g/mol. The van der Waals surface area contributed by atoms with Crippen molar-refractivity contribution in [2.24, 2.45) is 61.6 Å². The van der Waals surface area contributed by atoms with Crippen LogP contribution in [-0.4, -0.2) is 49.5 Å². The lowest BCUT2D eigenvalue weighted by molar-refractivity contribution is -0.180. The zero-order valence-corrected chi connectivity index (χ0v) is 32.9. The lowest BCUT2D eigenvalue weighted by atomic mass is 9.34. The Kier molecular flexibility index (Phi) is 9.69. The summed E-state index contributed by atoms with van der Waals surface area (Å²) < 4.78 is 5.26. The summed E-state index contributed by atoms with van der Waals surface area (Å²) in [6.45, 7) is 21.4. The molecule has 9 unspecified atom stereocenters. The van der Waals surface area contributed by atoms with Crippen LogP contribution in [-0.2, 0) is 28.7 Å². The second kappa shape index (κ2) is 12.7. The summed E-state index contributed by atoms with van der Waals surface area (Å²) in [6, 6.07) is 1.27. The first kappa shape index (κ1) is 38.9. The first-order chi connectivity index (χ1) is 23.5. The van der Waals surface area contributed by atoms with Gasteiger partial charge in [0.15, 0.2) is 11.6 Å². The molecular weight excluding hydrogens is 642 g/mol. The smallest absolute Gasteiger partial charge is 0.328 e. The van der Waals surface area contributed by atoms with Crippen molar-refractivity contribution in [2.45, 2.75) is 127 Å². The minimum Gasteiger partial charge on any atom is -0.467 e. The molecule has 0 heterocycles. The number of nitrogens with one attached hydrogen (secondary N) is 2. The molecule has 2 amide bonds. The van der Waals surface area contributed by atoms with Crippen molar-refractivity contribution in [3.05, 3.63) is 23.3 Å². The van der Waals surface area contributed by atoms with E-state index in [-0.39, 0.29) is 46.2 Å². The van der Waals surface area contributed by atoms with Crippen molar-refractivity contribution in [2.75, 3.05) is 13.7 Å². The van der Waals surface area contributed by atoms with Gasteiger partial charge in [0.2, 0.25) is 12.3 Å². The third-order valence-corrected chi connectivity index (χ3v) is 15.2. The molecular formula is C42H61N3O6. The first-order valence-corrected chi connectivity index (χ1v) is 19.0. The molecule has 51 heavy (non-hydrogen) atoms. The fraction of sp³-hybridized carbons (Fsp3) is 0.762. The van der Waals surface area contributed by atoms with Gasteiger partial charge in [0, 0.05) is 23.3 Å². The summed E-state index contributed by atoms with van der Waals surface area (Å²) in [7, 11) is 1.34. The number of Topliss-reactive ketones (excluding diaryl/α,β-unsaturated/α-hetero) is 1. The molecule has 0 saturated heterocycles. The van der Waals surface area contributed by atoms with E-state index < -0.39 is 50.4 Å². The Balaban J connectivity index is 1.58. The number of nitrogens with zero attached hydrogens (tertiary/aromatic N) is 1. The van der Waals surface area contributed by atoms with Crippen LogP contribution in [0.1, 0.15) is 121 Å². The number of hydrogen-bond acceptors (Lipinski definition) is 7. The Labute approximate surface area is 305 Å². The van der Waals surface area contributed by atoms with Crippen molar-refractivity contribution in [3.8, 4) is 6.07 Å². The van der Waals surface area contributed by atoms with Gasteiger partial charge in [0.25, 0.3) is 0 Å². The molecule has 9 heteroatoms. The maximum atomic E-state index is 15.0. The second-order valence-corrected chi connectivity index (χ2v) is 19.7. The predicted octanol–water partition coefficient (Wildman–Crippen LogP) is 6.66. The highest BCUT2D eigenvalue weighted by atomic mass is 16.5. The van der Waals surface area contributed by atoms with E-state index in [2.05, 4.69) is 51.3 Å². The number of ether oxygens (including phenoxy) is 1. The summed E-state index contributed by atoms with van der Waals surface area (Å²) in [6.07, 6.45) is 10.0. The van der Waals surface area contributed by atoms with Gasteiger partial charge in [-0.25, -0.2) is 4.79 Å². The molecule has 5 aliphatic rings. The fourth-order valence-electron chi connectivity index (χ4n) is 12.3. The lowest BCUT2D eigenvalue weighted by Gasteiger charge is -2.69. The number of rotatable bonds is 9. The molecule has 3 saturated carbocycles. The summed E-state index contributed by atoms with van der Waals surface area (Å²) >= 11 is 0. The molecule has 0 aromatic carbocycles. The number of carbonyl (C=O) groups is 5. The van der Waals surface area contributed by atoms with E-state index in [1.54, 1.807) is 0 Å². The summed E-state index contributed by atoms with van der Waals surface area (Å²) in [5.74, 6) is -1.40. The quantitative estimate of drug-likeness (QED) is 0.202. The fourth-order valence-corrected chi connectivity index (χ4v) is 12.3. The Morgan fingerprint density at radius 1 is 1.06 bits per heavy atom. The standard InChI is InChI=1S/C42H61N3O6/c1-25(23-44-24-46)19-37(4,5)32(34(49)51-11)45-35(50)42-16-14-36(2,3)21-27(42)31-28(47)18-30-39(8)20-26(22-43)33(48)38(6,7)29(39)12-13-40(30,9)41(31,10)15-17-42/h18,20,24-25,27,29,31-32H,12-17,19,21,23H2,1-11H3,(H,44,46)(H,45,50). The molecule has 5 rings (SSSR count). The zero-order valence-electron chi connectivity index (χ0n) is 32.9. The maximum Gasteiger partial charge on any atom is 0.328 e. The first-order valence-electron chi connectivity index (χ1n) is 19.0.